The number of aryl methyl sites for hydroxylation is 2. The topological polar surface area (TPSA) is 91.1 Å². The van der Waals surface area contributed by atoms with Gasteiger partial charge in [-0.2, -0.15) is 0 Å². The van der Waals surface area contributed by atoms with E-state index < -0.39 is 17.8 Å². The zero-order chi connectivity index (χ0) is 17.7. The van der Waals surface area contributed by atoms with Gasteiger partial charge in [-0.15, -0.1) is 0 Å². The van der Waals surface area contributed by atoms with Crippen molar-refractivity contribution in [3.05, 3.63) is 52.6 Å². The molecule has 1 aliphatic heterocycles. The van der Waals surface area contributed by atoms with Crippen molar-refractivity contribution in [2.45, 2.75) is 13.8 Å². The van der Waals surface area contributed by atoms with Gasteiger partial charge in [0.1, 0.15) is 5.57 Å². The fourth-order valence-corrected chi connectivity index (χ4v) is 3.37. The summed E-state index contributed by atoms with van der Waals surface area (Å²) in [6.45, 7) is 3.89. The number of aromatic nitrogens is 1. The average Bonchev–Trinajstić information content (AvgIpc) is 2.91. The first-order valence-electron chi connectivity index (χ1n) is 7.84. The van der Waals surface area contributed by atoms with E-state index in [2.05, 4.69) is 15.6 Å². The second-order valence-corrected chi connectivity index (χ2v) is 6.12. The van der Waals surface area contributed by atoms with E-state index in [-0.39, 0.29) is 5.57 Å². The fraction of sp³-hybridized carbons (Fsp3) is 0.105. The third kappa shape index (κ3) is 2.30. The molecule has 3 aromatic rings. The van der Waals surface area contributed by atoms with Gasteiger partial charge in [0, 0.05) is 21.8 Å². The zero-order valence-electron chi connectivity index (χ0n) is 13.7. The Morgan fingerprint density at radius 2 is 1.60 bits per heavy atom. The molecule has 1 saturated heterocycles. The van der Waals surface area contributed by atoms with Crippen molar-refractivity contribution in [2.24, 2.45) is 0 Å². The van der Waals surface area contributed by atoms with Crippen molar-refractivity contribution >= 4 is 45.7 Å². The van der Waals surface area contributed by atoms with Gasteiger partial charge < -0.3 is 4.98 Å². The van der Waals surface area contributed by atoms with Crippen molar-refractivity contribution in [1.82, 2.24) is 15.6 Å². The Balaban J connectivity index is 1.97. The molecule has 124 valence electrons. The second-order valence-electron chi connectivity index (χ2n) is 6.12. The lowest BCUT2D eigenvalue weighted by Crippen LogP contribution is -2.51. The second kappa shape index (κ2) is 5.31. The summed E-state index contributed by atoms with van der Waals surface area (Å²) in [4.78, 5) is 38.6. The summed E-state index contributed by atoms with van der Waals surface area (Å²) in [6, 6.07) is 9.19. The molecule has 4 amide bonds. The number of hydrogen-bond donors (Lipinski definition) is 3. The molecule has 1 aliphatic rings. The van der Waals surface area contributed by atoms with E-state index in [9.17, 15) is 14.4 Å². The number of amides is 4. The summed E-state index contributed by atoms with van der Waals surface area (Å²) >= 11 is 0. The number of H-pyrrole nitrogens is 1. The number of nitrogens with one attached hydrogen (secondary N) is 3. The van der Waals surface area contributed by atoms with E-state index >= 15 is 0 Å². The highest BCUT2D eigenvalue weighted by Crippen LogP contribution is 2.33. The minimum atomic E-state index is -0.798. The summed E-state index contributed by atoms with van der Waals surface area (Å²) in [5.74, 6) is -1.38. The summed E-state index contributed by atoms with van der Waals surface area (Å²) in [5.41, 5.74) is 4.66. The van der Waals surface area contributed by atoms with Gasteiger partial charge >= 0.3 is 6.03 Å². The minimum Gasteiger partial charge on any atom is -0.354 e. The smallest absolute Gasteiger partial charge is 0.328 e. The zero-order valence-corrected chi connectivity index (χ0v) is 13.7. The lowest BCUT2D eigenvalue weighted by Gasteiger charge is -2.15. The molecule has 25 heavy (non-hydrogen) atoms. The number of benzene rings is 2. The molecule has 0 spiro atoms. The minimum absolute atomic E-state index is 0.0787. The Morgan fingerprint density at radius 3 is 2.32 bits per heavy atom. The number of aromatic amines is 1. The van der Waals surface area contributed by atoms with Gasteiger partial charge in [-0.1, -0.05) is 18.2 Å². The molecule has 0 aliphatic carbocycles. The van der Waals surface area contributed by atoms with E-state index in [1.165, 1.54) is 0 Å². The Hall–Kier alpha value is -3.41. The van der Waals surface area contributed by atoms with Crippen LogP contribution in [0.3, 0.4) is 0 Å². The van der Waals surface area contributed by atoms with Crippen molar-refractivity contribution in [1.29, 1.82) is 0 Å². The lowest BCUT2D eigenvalue weighted by atomic mass is 9.95. The fourth-order valence-electron chi connectivity index (χ4n) is 3.37. The highest BCUT2D eigenvalue weighted by molar-refractivity contribution is 6.31. The van der Waals surface area contributed by atoms with Crippen LogP contribution in [-0.4, -0.2) is 22.8 Å². The van der Waals surface area contributed by atoms with Crippen LogP contribution in [0.4, 0.5) is 4.79 Å². The first-order valence-corrected chi connectivity index (χ1v) is 7.84. The van der Waals surface area contributed by atoms with E-state index in [0.717, 1.165) is 38.5 Å². The number of imide groups is 2. The Labute approximate surface area is 142 Å². The third-order valence-corrected chi connectivity index (χ3v) is 4.53. The molecule has 6 heteroatoms. The predicted octanol–water partition coefficient (Wildman–Crippen LogP) is 2.69. The summed E-state index contributed by atoms with van der Waals surface area (Å²) in [5, 5.41) is 6.33. The van der Waals surface area contributed by atoms with Crippen molar-refractivity contribution < 1.29 is 14.4 Å². The summed E-state index contributed by atoms with van der Waals surface area (Å²) in [7, 11) is 0. The van der Waals surface area contributed by atoms with E-state index in [1.54, 1.807) is 6.08 Å². The highest BCUT2D eigenvalue weighted by Gasteiger charge is 2.28. The van der Waals surface area contributed by atoms with Gasteiger partial charge in [0.15, 0.2) is 0 Å². The molecule has 3 N–H and O–H groups in total. The number of para-hydroxylation sites is 1. The monoisotopic (exact) mass is 333 g/mol. The number of carbonyl (C=O) groups is 3. The van der Waals surface area contributed by atoms with Crippen molar-refractivity contribution in [3.63, 3.8) is 0 Å². The van der Waals surface area contributed by atoms with Crippen LogP contribution < -0.4 is 10.6 Å². The number of rotatable bonds is 1. The standard InChI is InChI=1S/C19H15N3O3/c1-9-7-15-16(11-5-3-4-6-14(11)20-15)10(2)12(9)8-13-17(23)21-19(25)22-18(13)24/h3-8,20H,1-2H3,(H2,21,22,23,24,25). The number of barbiturate groups is 1. The molecule has 2 heterocycles. The van der Waals surface area contributed by atoms with Crippen LogP contribution in [0.1, 0.15) is 16.7 Å². The number of hydrogen-bond acceptors (Lipinski definition) is 3. The number of fused-ring (bicyclic) bond motifs is 3. The Kier molecular flexibility index (Phi) is 3.21. The molecule has 0 atom stereocenters. The molecule has 4 rings (SSSR count). The summed E-state index contributed by atoms with van der Waals surface area (Å²) in [6.07, 6.45) is 1.54. The van der Waals surface area contributed by atoms with Gasteiger partial charge in [-0.25, -0.2) is 4.79 Å². The average molecular weight is 333 g/mol. The van der Waals surface area contributed by atoms with Crippen LogP contribution in [0.15, 0.2) is 35.9 Å². The maximum Gasteiger partial charge on any atom is 0.328 e. The van der Waals surface area contributed by atoms with Crippen molar-refractivity contribution in [3.8, 4) is 0 Å². The first kappa shape index (κ1) is 15.1. The Morgan fingerprint density at radius 1 is 0.920 bits per heavy atom. The first-order chi connectivity index (χ1) is 12.0. The van der Waals surface area contributed by atoms with Gasteiger partial charge in [0.25, 0.3) is 11.8 Å². The molecule has 2 aromatic carbocycles. The van der Waals surface area contributed by atoms with Crippen LogP contribution in [0, 0.1) is 13.8 Å². The molecule has 6 nitrogen and oxygen atoms in total. The molecule has 0 unspecified atom stereocenters. The lowest BCUT2D eigenvalue weighted by molar-refractivity contribution is -0.123. The third-order valence-electron chi connectivity index (χ3n) is 4.53. The van der Waals surface area contributed by atoms with Crippen LogP contribution in [0.2, 0.25) is 0 Å². The predicted molar refractivity (Wildman–Crippen MR) is 94.9 cm³/mol. The van der Waals surface area contributed by atoms with Gasteiger partial charge in [-0.05, 0) is 48.7 Å². The van der Waals surface area contributed by atoms with Crippen LogP contribution in [-0.2, 0) is 9.59 Å². The van der Waals surface area contributed by atoms with Gasteiger partial charge in [0.2, 0.25) is 0 Å². The molecular formula is C19H15N3O3. The normalized spacial score (nSPS) is 14.8. The molecule has 0 radical (unpaired) electrons. The van der Waals surface area contributed by atoms with Gasteiger partial charge in [-0.3, -0.25) is 20.2 Å². The summed E-state index contributed by atoms with van der Waals surface area (Å²) < 4.78 is 0. The maximum atomic E-state index is 12.0. The molecular weight excluding hydrogens is 318 g/mol. The molecule has 0 saturated carbocycles. The van der Waals surface area contributed by atoms with Crippen LogP contribution >= 0.6 is 0 Å². The van der Waals surface area contributed by atoms with E-state index in [1.807, 2.05) is 44.2 Å². The van der Waals surface area contributed by atoms with Crippen LogP contribution in [0.25, 0.3) is 27.9 Å². The Bertz CT molecular complexity index is 1100. The van der Waals surface area contributed by atoms with Gasteiger partial charge in [0.05, 0.1) is 0 Å². The number of carbonyl (C=O) groups excluding carboxylic acids is 3. The molecule has 1 fully saturated rings. The SMILES string of the molecule is Cc1cc2[nH]c3ccccc3c2c(C)c1C=C1C(=O)NC(=O)NC1=O. The largest absolute Gasteiger partial charge is 0.354 e. The van der Waals surface area contributed by atoms with E-state index in [4.69, 9.17) is 0 Å². The highest BCUT2D eigenvalue weighted by atomic mass is 16.2. The van der Waals surface area contributed by atoms with Crippen molar-refractivity contribution in [2.75, 3.05) is 0 Å². The quantitative estimate of drug-likeness (QED) is 0.472. The molecule has 0 bridgehead atoms. The molecule has 1 aromatic heterocycles. The number of urea groups is 1. The maximum absolute atomic E-state index is 12.0. The van der Waals surface area contributed by atoms with Crippen LogP contribution in [0.5, 0.6) is 0 Å². The van der Waals surface area contributed by atoms with E-state index in [0.29, 0.717) is 0 Å².